The van der Waals surface area contributed by atoms with Gasteiger partial charge in [0.1, 0.15) is 0 Å². The first-order valence-electron chi connectivity index (χ1n) is 41.0. The molecule has 0 nitrogen and oxygen atoms in total. The molecule has 0 heteroatoms. The van der Waals surface area contributed by atoms with Gasteiger partial charge in [0, 0.05) is 4.11 Å². The summed E-state index contributed by atoms with van der Waals surface area (Å²) in [6.07, 6.45) is 65.6. The van der Waals surface area contributed by atoms with Crippen molar-refractivity contribution in [1.29, 1.82) is 0 Å². The minimum Gasteiger partial charge on any atom is -0.0649 e. The first-order chi connectivity index (χ1) is 41.0. The van der Waals surface area contributed by atoms with Gasteiger partial charge < -0.3 is 0 Å². The smallest absolute Gasteiger partial charge is 0.0236 e. The summed E-state index contributed by atoms with van der Waals surface area (Å²) < 4.78 is 20.8. The van der Waals surface area contributed by atoms with Crippen LogP contribution in [0.1, 0.15) is 432 Å². The van der Waals surface area contributed by atoms with Gasteiger partial charge in [-0.15, -0.1) is 0 Å². The van der Waals surface area contributed by atoms with Gasteiger partial charge in [-0.25, -0.2) is 0 Å². The molecule has 0 radical (unpaired) electrons. The third-order valence-electron chi connectivity index (χ3n) is 27.9. The number of fused-ring (bicyclic) bond motifs is 3. The molecule has 0 saturated heterocycles. The molecular weight excluding hydrogens is 1030 g/mol. The van der Waals surface area contributed by atoms with Gasteiger partial charge in [-0.3, -0.25) is 0 Å². The van der Waals surface area contributed by atoms with Crippen molar-refractivity contribution < 1.29 is 4.11 Å². The van der Waals surface area contributed by atoms with Gasteiger partial charge in [0.05, 0.1) is 0 Å². The molecule has 15 rings (SSSR count). The predicted molar refractivity (Wildman–Crippen MR) is 385 cm³/mol. The maximum Gasteiger partial charge on any atom is 0.0236 e. The monoisotopic (exact) mass is 1200 g/mol. The van der Waals surface area contributed by atoms with Crippen molar-refractivity contribution in [3.63, 3.8) is 0 Å². The largest absolute Gasteiger partial charge is 0.0649 e. The summed E-state index contributed by atoms with van der Waals surface area (Å²) in [6, 6.07) is 0. The molecule has 0 unspecified atom stereocenters. The molecule has 4 spiro atoms. The van der Waals surface area contributed by atoms with Gasteiger partial charge in [-0.2, -0.15) is 0 Å². The van der Waals surface area contributed by atoms with E-state index in [9.17, 15) is 0 Å². The molecule has 15 saturated carbocycles. The average Bonchev–Trinajstić information content (AvgIpc) is 2.79. The van der Waals surface area contributed by atoms with Gasteiger partial charge in [0.25, 0.3) is 0 Å². The Labute approximate surface area is 548 Å². The van der Waals surface area contributed by atoms with E-state index in [1.807, 2.05) is 0 Å². The van der Waals surface area contributed by atoms with Crippen LogP contribution in [0.2, 0.25) is 0 Å². The lowest BCUT2D eigenvalue weighted by atomic mass is 9.49. The predicted octanol–water partition coefficient (Wildman–Crippen LogP) is 29.3. The van der Waals surface area contributed by atoms with Gasteiger partial charge >= 0.3 is 0 Å². The second-order valence-corrected chi connectivity index (χ2v) is 41.8. The van der Waals surface area contributed by atoms with E-state index >= 15 is 0 Å². The Balaban J connectivity index is 0.000000165. The number of hydrogen-bond donors (Lipinski definition) is 0. The SMILES string of the molecule is CC(C)(C)C.CC1CCC2(CC1)CC(C)(C)CC(C)(C)C2.CC1CCC2(CC1)CCC(C)(C)CC2.CC1CCC2(CCCC2)CC1.CC1CCC2(CCCCC2)CC1.CCC12CC3CC(CC(C3)C1)C2.C[C@@H]1C2CCC(CC2)C1(C)C.[2H]C([2H])([2H])C(C)(C)C. The third kappa shape index (κ3) is 24.1. The van der Waals surface area contributed by atoms with Gasteiger partial charge in [-0.1, -0.05) is 242 Å². The van der Waals surface area contributed by atoms with E-state index in [0.717, 1.165) is 80.8 Å². The normalized spacial score (nSPS) is 36.2. The maximum absolute atomic E-state index is 6.92. The molecule has 1 atom stereocenters. The molecule has 15 fully saturated rings. The van der Waals surface area contributed by atoms with Crippen molar-refractivity contribution in [3.05, 3.63) is 0 Å². The fraction of sp³-hybridized carbons (Fsp3) is 1.00. The minimum atomic E-state index is -1.81. The van der Waals surface area contributed by atoms with Crippen LogP contribution in [-0.4, -0.2) is 0 Å². The molecule has 0 aromatic carbocycles. The summed E-state index contributed by atoms with van der Waals surface area (Å²) in [5.74, 6) is 10.6. The zero-order valence-corrected chi connectivity index (χ0v) is 63.2. The average molecular weight is 1200 g/mol. The lowest BCUT2D eigenvalue weighted by Crippen LogP contribution is -2.45. The zero-order chi connectivity index (χ0) is 66.2. The van der Waals surface area contributed by atoms with Crippen LogP contribution in [0, 0.1) is 119 Å². The highest BCUT2D eigenvalue weighted by Gasteiger charge is 2.51. The summed E-state index contributed by atoms with van der Waals surface area (Å²) in [6.45, 7) is 46.5. The Morgan fingerprint density at radius 1 is 0.349 bits per heavy atom. The highest BCUT2D eigenvalue weighted by molar-refractivity contribution is 5.02. The van der Waals surface area contributed by atoms with E-state index in [1.165, 1.54) is 186 Å². The zero-order valence-electron chi connectivity index (χ0n) is 66.2. The van der Waals surface area contributed by atoms with Gasteiger partial charge in [0.15, 0.2) is 0 Å². The van der Waals surface area contributed by atoms with Crippen molar-refractivity contribution in [3.8, 4) is 0 Å². The molecule has 0 heterocycles. The van der Waals surface area contributed by atoms with Crippen LogP contribution in [0.3, 0.4) is 0 Å². The molecule has 0 amide bonds. The van der Waals surface area contributed by atoms with E-state index in [2.05, 4.69) is 125 Å². The molecule has 86 heavy (non-hydrogen) atoms. The Bertz CT molecular complexity index is 1900. The summed E-state index contributed by atoms with van der Waals surface area (Å²) in [5.41, 5.74) is 6.42. The summed E-state index contributed by atoms with van der Waals surface area (Å²) in [4.78, 5) is 0. The van der Waals surface area contributed by atoms with Crippen LogP contribution in [0.5, 0.6) is 0 Å². The standard InChI is InChI=1S/C16H30.C14H26.C12H20.C12H22.2C11H20.2C5H12/c1-13-6-8-16(9-7-13)11-14(2,3)10-15(4,5)12-16;1-12-4-6-14(7-5-12)10-8-13(2,3)9-11-14;1-2-12-6-9-3-10(7-12)5-11(4-9)8-12;1-11-5-9-12(10-6-11)7-3-2-4-8-12;1-8-9-4-6-10(7-5-9)11(8,2)3;1-10-4-8-11(9-5-10)6-2-3-7-11;2*1-5(2,3)4/h13H,6-12H2,1-5H3;12H,4-11H2,1-3H3;9-11H,2-8H2,1H3;11H,2-10H2,1H3;8-10H,4-7H2,1-3H3;10H,2-9H2,1H3;2*1-4H3/t;;;;8-,9?,10?;;;/m....1.../s1/i;;;;;;1D3;. The molecule has 0 aromatic heterocycles. The first kappa shape index (κ1) is 70.3. The van der Waals surface area contributed by atoms with Crippen molar-refractivity contribution in [1.82, 2.24) is 0 Å². The Hall–Kier alpha value is 0. The van der Waals surface area contributed by atoms with Crippen LogP contribution in [0.4, 0.5) is 0 Å². The van der Waals surface area contributed by atoms with E-state index < -0.39 is 12.3 Å². The van der Waals surface area contributed by atoms with Crippen molar-refractivity contribution >= 4 is 0 Å². The van der Waals surface area contributed by atoms with Crippen molar-refractivity contribution in [2.45, 2.75) is 428 Å². The summed E-state index contributed by atoms with van der Waals surface area (Å²) in [7, 11) is 0. The minimum absolute atomic E-state index is 0.500. The van der Waals surface area contributed by atoms with Crippen LogP contribution in [0.15, 0.2) is 0 Å². The summed E-state index contributed by atoms with van der Waals surface area (Å²) in [5, 5.41) is 0. The second kappa shape index (κ2) is 31.0. The van der Waals surface area contributed by atoms with Crippen LogP contribution >= 0.6 is 0 Å². The number of rotatable bonds is 1. The van der Waals surface area contributed by atoms with Crippen LogP contribution in [-0.2, 0) is 0 Å². The fourth-order valence-electron chi connectivity index (χ4n) is 22.8. The van der Waals surface area contributed by atoms with E-state index in [1.54, 1.807) is 111 Å². The highest BCUT2D eigenvalue weighted by Crippen LogP contribution is 2.63. The second-order valence-electron chi connectivity index (χ2n) is 41.8. The van der Waals surface area contributed by atoms with Gasteiger partial charge in [0.2, 0.25) is 0 Å². The lowest BCUT2D eigenvalue weighted by Gasteiger charge is -2.56. The highest BCUT2D eigenvalue weighted by atomic mass is 14.6. The Morgan fingerprint density at radius 3 is 0.930 bits per heavy atom. The number of hydrogen-bond acceptors (Lipinski definition) is 0. The topological polar surface area (TPSA) is 0 Å². The van der Waals surface area contributed by atoms with E-state index in [-0.39, 0.29) is 0 Å². The third-order valence-corrected chi connectivity index (χ3v) is 27.9. The molecule has 0 aromatic rings. The van der Waals surface area contributed by atoms with E-state index in [4.69, 9.17) is 4.11 Å². The molecule has 0 N–H and O–H groups in total. The Morgan fingerprint density at radius 2 is 0.651 bits per heavy atom. The van der Waals surface area contributed by atoms with Crippen molar-refractivity contribution in [2.24, 2.45) is 119 Å². The van der Waals surface area contributed by atoms with Crippen molar-refractivity contribution in [2.75, 3.05) is 0 Å². The Kier molecular flexibility index (Phi) is 25.4. The molecule has 6 bridgehead atoms. The quantitative estimate of drug-likeness (QED) is 0.245. The molecule has 506 valence electrons. The first-order valence-corrected chi connectivity index (χ1v) is 39.5. The van der Waals surface area contributed by atoms with Gasteiger partial charge in [-0.05, 0) is 305 Å². The molecule has 0 aliphatic heterocycles. The van der Waals surface area contributed by atoms with Crippen LogP contribution in [0.25, 0.3) is 0 Å². The fourth-order valence-corrected chi connectivity index (χ4v) is 22.8. The van der Waals surface area contributed by atoms with Crippen LogP contribution < -0.4 is 0 Å². The molecule has 15 aliphatic rings. The molecular formula is C86H162. The summed E-state index contributed by atoms with van der Waals surface area (Å²) >= 11 is 0. The van der Waals surface area contributed by atoms with E-state index in [0.29, 0.717) is 32.5 Å². The lowest BCUT2D eigenvalue weighted by molar-refractivity contribution is -0.0545. The maximum atomic E-state index is 6.92. The molecule has 15 aliphatic carbocycles.